The molecule has 0 unspecified atom stereocenters. The zero-order chi connectivity index (χ0) is 13.5. The summed E-state index contributed by atoms with van der Waals surface area (Å²) < 4.78 is 5.38. The molecule has 0 saturated carbocycles. The van der Waals surface area contributed by atoms with Gasteiger partial charge in [-0.15, -0.1) is 0 Å². The average Bonchev–Trinajstić information content (AvgIpc) is 2.29. The normalized spacial score (nSPS) is 10.7. The highest BCUT2D eigenvalue weighted by Gasteiger charge is 2.10. The summed E-state index contributed by atoms with van der Waals surface area (Å²) in [5.74, 6) is 0.918. The molecule has 1 rings (SSSR count). The van der Waals surface area contributed by atoms with E-state index in [0.717, 1.165) is 0 Å². The van der Waals surface area contributed by atoms with Gasteiger partial charge in [0.25, 0.3) is 5.69 Å². The van der Waals surface area contributed by atoms with Crippen LogP contribution in [0.1, 0.15) is 13.8 Å². The van der Waals surface area contributed by atoms with E-state index in [1.807, 2.05) is 0 Å². The van der Waals surface area contributed by atoms with Crippen LogP contribution in [0, 0.1) is 16.0 Å². The number of aromatic nitrogens is 1. The molecule has 0 amide bonds. The molecule has 0 aliphatic carbocycles. The van der Waals surface area contributed by atoms with Crippen LogP contribution in [0.15, 0.2) is 12.3 Å². The van der Waals surface area contributed by atoms with Gasteiger partial charge in [-0.05, 0) is 5.92 Å². The minimum atomic E-state index is -0.533. The lowest BCUT2D eigenvalue weighted by atomic mass is 10.2. The van der Waals surface area contributed by atoms with Crippen molar-refractivity contribution in [2.75, 3.05) is 25.1 Å². The van der Waals surface area contributed by atoms with E-state index < -0.39 is 4.92 Å². The molecule has 1 heterocycles. The van der Waals surface area contributed by atoms with Crippen molar-refractivity contribution in [1.29, 1.82) is 0 Å². The highest BCUT2D eigenvalue weighted by Crippen LogP contribution is 2.23. The Bertz CT molecular complexity index is 413. The molecule has 0 aromatic carbocycles. The van der Waals surface area contributed by atoms with Crippen LogP contribution in [0.5, 0.6) is 0 Å². The van der Waals surface area contributed by atoms with Crippen LogP contribution in [-0.4, -0.2) is 29.7 Å². The highest BCUT2D eigenvalue weighted by molar-refractivity contribution is 6.33. The monoisotopic (exact) mass is 273 g/mol. The lowest BCUT2D eigenvalue weighted by Crippen LogP contribution is -2.13. The van der Waals surface area contributed by atoms with Crippen molar-refractivity contribution in [3.8, 4) is 0 Å². The molecule has 1 aromatic heterocycles. The Morgan fingerprint density at radius 1 is 1.61 bits per heavy atom. The molecule has 0 spiro atoms. The quantitative estimate of drug-likeness (QED) is 0.469. The molecule has 1 N–H and O–H groups in total. The Morgan fingerprint density at radius 2 is 2.33 bits per heavy atom. The zero-order valence-electron chi connectivity index (χ0n) is 10.4. The molecular weight excluding hydrogens is 258 g/mol. The van der Waals surface area contributed by atoms with E-state index in [0.29, 0.717) is 31.5 Å². The molecule has 0 radical (unpaired) electrons. The topological polar surface area (TPSA) is 77.3 Å². The van der Waals surface area contributed by atoms with Crippen molar-refractivity contribution in [2.24, 2.45) is 5.92 Å². The number of rotatable bonds is 7. The van der Waals surface area contributed by atoms with E-state index >= 15 is 0 Å². The molecule has 0 aliphatic heterocycles. The molecule has 100 valence electrons. The van der Waals surface area contributed by atoms with Gasteiger partial charge < -0.3 is 10.1 Å². The van der Waals surface area contributed by atoms with Crippen LogP contribution >= 0.6 is 11.6 Å². The van der Waals surface area contributed by atoms with Gasteiger partial charge in [-0.1, -0.05) is 25.4 Å². The van der Waals surface area contributed by atoms with Crippen molar-refractivity contribution in [1.82, 2.24) is 4.98 Å². The summed E-state index contributed by atoms with van der Waals surface area (Å²) in [4.78, 5) is 13.9. The van der Waals surface area contributed by atoms with Gasteiger partial charge in [0.15, 0.2) is 0 Å². The summed E-state index contributed by atoms with van der Waals surface area (Å²) in [5.41, 5.74) is -0.124. The Labute approximate surface area is 110 Å². The third-order valence-corrected chi connectivity index (χ3v) is 2.32. The number of nitrogens with one attached hydrogen (secondary N) is 1. The number of hydrogen-bond donors (Lipinski definition) is 1. The largest absolute Gasteiger partial charge is 0.379 e. The fraction of sp³-hybridized carbons (Fsp3) is 0.545. The second-order valence-corrected chi connectivity index (χ2v) is 4.58. The summed E-state index contributed by atoms with van der Waals surface area (Å²) in [7, 11) is 0. The molecular formula is C11H16ClN3O3. The first-order valence-corrected chi connectivity index (χ1v) is 6.00. The third-order valence-electron chi connectivity index (χ3n) is 2.03. The van der Waals surface area contributed by atoms with E-state index in [-0.39, 0.29) is 10.7 Å². The molecule has 18 heavy (non-hydrogen) atoms. The number of nitrogens with zero attached hydrogens (tertiary/aromatic N) is 2. The fourth-order valence-electron chi connectivity index (χ4n) is 1.22. The van der Waals surface area contributed by atoms with Crippen molar-refractivity contribution >= 4 is 23.1 Å². The predicted octanol–water partition coefficient (Wildman–Crippen LogP) is 2.73. The highest BCUT2D eigenvalue weighted by atomic mass is 35.5. The third kappa shape index (κ3) is 4.85. The van der Waals surface area contributed by atoms with E-state index in [2.05, 4.69) is 24.1 Å². The van der Waals surface area contributed by atoms with Crippen molar-refractivity contribution in [3.63, 3.8) is 0 Å². The molecule has 7 heteroatoms. The van der Waals surface area contributed by atoms with Crippen LogP contribution in [0.4, 0.5) is 11.5 Å². The van der Waals surface area contributed by atoms with Gasteiger partial charge in [0.05, 0.1) is 16.6 Å². The van der Waals surface area contributed by atoms with Gasteiger partial charge in [-0.3, -0.25) is 10.1 Å². The lowest BCUT2D eigenvalue weighted by Gasteiger charge is -2.09. The van der Waals surface area contributed by atoms with E-state index in [9.17, 15) is 10.1 Å². The predicted molar refractivity (Wildman–Crippen MR) is 70.0 cm³/mol. The summed E-state index contributed by atoms with van der Waals surface area (Å²) in [6.45, 7) is 5.93. The number of hydrogen-bond acceptors (Lipinski definition) is 5. The zero-order valence-corrected chi connectivity index (χ0v) is 11.1. The van der Waals surface area contributed by atoms with Crippen molar-refractivity contribution in [2.45, 2.75) is 13.8 Å². The number of halogens is 1. The minimum absolute atomic E-state index is 0.124. The molecule has 0 fully saturated rings. The van der Waals surface area contributed by atoms with Gasteiger partial charge in [0.1, 0.15) is 12.0 Å². The molecule has 0 atom stereocenters. The fourth-order valence-corrected chi connectivity index (χ4v) is 1.45. The Balaban J connectivity index is 2.41. The Kier molecular flexibility index (Phi) is 5.80. The minimum Gasteiger partial charge on any atom is -0.379 e. The van der Waals surface area contributed by atoms with E-state index in [1.165, 1.54) is 12.3 Å². The second-order valence-electron chi connectivity index (χ2n) is 4.18. The van der Waals surface area contributed by atoms with Gasteiger partial charge in [-0.25, -0.2) is 4.98 Å². The number of ether oxygens (including phenoxy) is 1. The van der Waals surface area contributed by atoms with E-state index in [1.54, 1.807) is 0 Å². The maximum Gasteiger partial charge on any atom is 0.289 e. The number of nitro groups is 1. The molecule has 1 aromatic rings. The van der Waals surface area contributed by atoms with Gasteiger partial charge >= 0.3 is 0 Å². The average molecular weight is 274 g/mol. The first-order chi connectivity index (χ1) is 8.50. The maximum absolute atomic E-state index is 10.5. The Morgan fingerprint density at radius 3 is 2.89 bits per heavy atom. The van der Waals surface area contributed by atoms with Gasteiger partial charge in [0.2, 0.25) is 0 Å². The van der Waals surface area contributed by atoms with Gasteiger partial charge in [-0.2, -0.15) is 0 Å². The maximum atomic E-state index is 10.5. The van der Waals surface area contributed by atoms with E-state index in [4.69, 9.17) is 16.3 Å². The van der Waals surface area contributed by atoms with Crippen molar-refractivity contribution < 1.29 is 9.66 Å². The lowest BCUT2D eigenvalue weighted by molar-refractivity contribution is -0.385. The molecule has 0 bridgehead atoms. The molecule has 0 saturated heterocycles. The summed E-state index contributed by atoms with van der Waals surface area (Å²) in [5, 5.41) is 13.7. The molecule has 0 aliphatic rings. The smallest absolute Gasteiger partial charge is 0.289 e. The second kappa shape index (κ2) is 7.13. The van der Waals surface area contributed by atoms with Crippen molar-refractivity contribution in [3.05, 3.63) is 27.4 Å². The first kappa shape index (κ1) is 14.7. The Hall–Kier alpha value is -1.40. The van der Waals surface area contributed by atoms with Crippen LogP contribution < -0.4 is 5.32 Å². The van der Waals surface area contributed by atoms with Crippen LogP contribution in [0.2, 0.25) is 5.02 Å². The SMILES string of the molecule is CC(C)COCCNc1ncc([N+](=O)[O-])cc1Cl. The summed E-state index contributed by atoms with van der Waals surface area (Å²) in [6.07, 6.45) is 1.17. The number of anilines is 1. The summed E-state index contributed by atoms with van der Waals surface area (Å²) in [6, 6.07) is 1.27. The number of pyridine rings is 1. The molecule has 6 nitrogen and oxygen atoms in total. The first-order valence-electron chi connectivity index (χ1n) is 5.62. The van der Waals surface area contributed by atoms with Gasteiger partial charge in [0, 0.05) is 19.2 Å². The standard InChI is InChI=1S/C11H16ClN3O3/c1-8(2)7-18-4-3-13-11-10(12)5-9(6-14-11)15(16)17/h5-6,8H,3-4,7H2,1-2H3,(H,13,14). The van der Waals surface area contributed by atoms with Crippen LogP contribution in [-0.2, 0) is 4.74 Å². The summed E-state index contributed by atoms with van der Waals surface area (Å²) >= 11 is 5.87. The van der Waals surface area contributed by atoms with Crippen LogP contribution in [0.3, 0.4) is 0 Å². The van der Waals surface area contributed by atoms with Crippen LogP contribution in [0.25, 0.3) is 0 Å².